The number of ether oxygens (including phenoxy) is 1. The van der Waals surface area contributed by atoms with Crippen molar-refractivity contribution in [3.05, 3.63) is 23.8 Å². The molecule has 1 aromatic rings. The molecular weight excluding hydrogens is 282 g/mol. The zero-order chi connectivity index (χ0) is 15.9. The summed E-state index contributed by atoms with van der Waals surface area (Å²) in [7, 11) is 0. The number of anilines is 1. The lowest BCUT2D eigenvalue weighted by Gasteiger charge is -2.26. The number of nitrogens with zero attached hydrogens (tertiary/aromatic N) is 2. The Hall–Kier alpha value is -2.37. The molecule has 0 saturated carbocycles. The van der Waals surface area contributed by atoms with Gasteiger partial charge in [0.1, 0.15) is 5.75 Å². The molecule has 6 nitrogen and oxygen atoms in total. The summed E-state index contributed by atoms with van der Waals surface area (Å²) in [6, 6.07) is 5.14. The molecule has 2 heterocycles. The van der Waals surface area contributed by atoms with Crippen LogP contribution in [0.3, 0.4) is 0 Å². The van der Waals surface area contributed by atoms with E-state index in [2.05, 4.69) is 10.4 Å². The van der Waals surface area contributed by atoms with E-state index >= 15 is 0 Å². The highest BCUT2D eigenvalue weighted by Gasteiger charge is 2.30. The predicted octanol–water partition coefficient (Wildman–Crippen LogP) is 2.41. The maximum atomic E-state index is 12.6. The maximum Gasteiger partial charge on any atom is 0.274 e. The molecule has 0 spiro atoms. The first-order valence-corrected chi connectivity index (χ1v) is 7.48. The number of amides is 2. The van der Waals surface area contributed by atoms with E-state index in [9.17, 15) is 9.59 Å². The second-order valence-corrected chi connectivity index (χ2v) is 5.75. The van der Waals surface area contributed by atoms with Crippen LogP contribution in [-0.4, -0.2) is 34.7 Å². The lowest BCUT2D eigenvalue weighted by molar-refractivity contribution is -0.123. The topological polar surface area (TPSA) is 71.0 Å². The fourth-order valence-corrected chi connectivity index (χ4v) is 2.77. The molecule has 1 N–H and O–H groups in total. The first-order chi connectivity index (χ1) is 10.5. The van der Waals surface area contributed by atoms with Crippen molar-refractivity contribution in [1.29, 1.82) is 0 Å². The molecule has 0 bridgehead atoms. The van der Waals surface area contributed by atoms with Gasteiger partial charge in [-0.2, -0.15) is 5.10 Å². The maximum absolute atomic E-state index is 12.6. The Morgan fingerprint density at radius 2 is 2.27 bits per heavy atom. The Morgan fingerprint density at radius 3 is 2.91 bits per heavy atom. The molecule has 22 heavy (non-hydrogen) atoms. The Morgan fingerprint density at radius 1 is 1.50 bits per heavy atom. The van der Waals surface area contributed by atoms with E-state index in [1.807, 2.05) is 20.8 Å². The van der Waals surface area contributed by atoms with Crippen molar-refractivity contribution in [3.8, 4) is 5.75 Å². The number of hydrogen-bond acceptors (Lipinski definition) is 4. The average Bonchev–Trinajstić information content (AvgIpc) is 2.83. The van der Waals surface area contributed by atoms with Crippen molar-refractivity contribution in [2.45, 2.75) is 45.8 Å². The van der Waals surface area contributed by atoms with E-state index in [1.54, 1.807) is 18.2 Å². The minimum atomic E-state index is -0.472. The number of benzene rings is 1. The molecule has 0 fully saturated rings. The molecule has 116 valence electrons. The van der Waals surface area contributed by atoms with E-state index in [1.165, 1.54) is 5.01 Å². The van der Waals surface area contributed by atoms with Crippen LogP contribution in [0.5, 0.6) is 5.75 Å². The number of rotatable bonds is 2. The minimum absolute atomic E-state index is 0.0545. The molecule has 2 atom stereocenters. The van der Waals surface area contributed by atoms with Gasteiger partial charge in [-0.1, -0.05) is 6.92 Å². The van der Waals surface area contributed by atoms with Gasteiger partial charge in [-0.15, -0.1) is 0 Å². The normalized spacial score (nSPS) is 23.5. The predicted molar refractivity (Wildman–Crippen MR) is 83.1 cm³/mol. The Bertz CT molecular complexity index is 669. The van der Waals surface area contributed by atoms with Crippen LogP contribution in [-0.2, 0) is 4.79 Å². The van der Waals surface area contributed by atoms with Crippen molar-refractivity contribution < 1.29 is 14.3 Å². The van der Waals surface area contributed by atoms with Gasteiger partial charge in [0.15, 0.2) is 6.10 Å². The van der Waals surface area contributed by atoms with E-state index < -0.39 is 6.10 Å². The molecule has 0 aromatic heterocycles. The summed E-state index contributed by atoms with van der Waals surface area (Å²) in [5.74, 6) is 0.249. The molecular formula is C16H19N3O3. The molecule has 2 aliphatic rings. The second kappa shape index (κ2) is 5.44. The molecule has 0 aliphatic carbocycles. The molecule has 3 rings (SSSR count). The van der Waals surface area contributed by atoms with Crippen molar-refractivity contribution in [2.24, 2.45) is 5.10 Å². The fraction of sp³-hybridized carbons (Fsp3) is 0.438. The number of fused-ring (bicyclic) bond motifs is 1. The van der Waals surface area contributed by atoms with Crippen LogP contribution in [0.15, 0.2) is 23.3 Å². The lowest BCUT2D eigenvalue weighted by atomic mass is 10.1. The number of hydrogen-bond donors (Lipinski definition) is 1. The van der Waals surface area contributed by atoms with Crippen LogP contribution in [0.2, 0.25) is 0 Å². The monoisotopic (exact) mass is 301 g/mol. The zero-order valence-electron chi connectivity index (χ0n) is 12.9. The van der Waals surface area contributed by atoms with Gasteiger partial charge < -0.3 is 10.1 Å². The van der Waals surface area contributed by atoms with Crippen LogP contribution in [0.25, 0.3) is 0 Å². The molecule has 0 radical (unpaired) electrons. The van der Waals surface area contributed by atoms with Gasteiger partial charge in [-0.25, -0.2) is 5.01 Å². The highest BCUT2D eigenvalue weighted by atomic mass is 16.5. The summed E-state index contributed by atoms with van der Waals surface area (Å²) >= 11 is 0. The van der Waals surface area contributed by atoms with E-state index in [0.717, 1.165) is 12.1 Å². The summed E-state index contributed by atoms with van der Waals surface area (Å²) in [6.45, 7) is 5.77. The number of carbonyl (C=O) groups is 2. The second-order valence-electron chi connectivity index (χ2n) is 5.75. The smallest absolute Gasteiger partial charge is 0.274 e. The van der Waals surface area contributed by atoms with Crippen LogP contribution < -0.4 is 10.1 Å². The summed E-state index contributed by atoms with van der Waals surface area (Å²) in [6.07, 6.45) is 0.917. The standard InChI is InChI=1S/C16H19N3O3/c1-4-13-15(20)17-12-8-11(5-6-14(12)22-13)16(21)19-10(3)7-9(2)18-19/h5-6,8,10,13H,4,7H2,1-3H3,(H,17,20). The van der Waals surface area contributed by atoms with Gasteiger partial charge in [0.25, 0.3) is 11.8 Å². The Balaban J connectivity index is 1.87. The summed E-state index contributed by atoms with van der Waals surface area (Å²) < 4.78 is 5.63. The van der Waals surface area contributed by atoms with Crippen LogP contribution >= 0.6 is 0 Å². The van der Waals surface area contributed by atoms with Gasteiger partial charge in [-0.05, 0) is 38.5 Å². The van der Waals surface area contributed by atoms with Crippen LogP contribution in [0.4, 0.5) is 5.69 Å². The highest BCUT2D eigenvalue weighted by Crippen LogP contribution is 2.32. The van der Waals surface area contributed by atoms with Gasteiger partial charge in [-0.3, -0.25) is 9.59 Å². The molecule has 2 unspecified atom stereocenters. The van der Waals surface area contributed by atoms with Gasteiger partial charge in [0.05, 0.1) is 11.7 Å². The summed E-state index contributed by atoms with van der Waals surface area (Å²) in [5, 5.41) is 8.57. The number of nitrogens with one attached hydrogen (secondary N) is 1. The zero-order valence-corrected chi connectivity index (χ0v) is 12.9. The van der Waals surface area contributed by atoms with Gasteiger partial charge >= 0.3 is 0 Å². The van der Waals surface area contributed by atoms with E-state index in [-0.39, 0.29) is 17.9 Å². The minimum Gasteiger partial charge on any atom is -0.478 e. The first kappa shape index (κ1) is 14.6. The third-order valence-electron chi connectivity index (χ3n) is 3.91. The number of carbonyl (C=O) groups excluding carboxylic acids is 2. The third kappa shape index (κ3) is 2.45. The largest absolute Gasteiger partial charge is 0.478 e. The van der Waals surface area contributed by atoms with Crippen molar-refractivity contribution in [2.75, 3.05) is 5.32 Å². The summed E-state index contributed by atoms with van der Waals surface area (Å²) in [5.41, 5.74) is 1.97. The van der Waals surface area contributed by atoms with Crippen molar-refractivity contribution in [3.63, 3.8) is 0 Å². The number of hydrazone groups is 1. The highest BCUT2D eigenvalue weighted by molar-refractivity contribution is 6.02. The van der Waals surface area contributed by atoms with Crippen molar-refractivity contribution >= 4 is 23.2 Å². The van der Waals surface area contributed by atoms with E-state index in [0.29, 0.717) is 23.4 Å². The van der Waals surface area contributed by atoms with Crippen LogP contribution in [0.1, 0.15) is 44.0 Å². The fourth-order valence-electron chi connectivity index (χ4n) is 2.77. The van der Waals surface area contributed by atoms with Gasteiger partial charge in [0, 0.05) is 17.7 Å². The lowest BCUT2D eigenvalue weighted by Crippen LogP contribution is -2.36. The third-order valence-corrected chi connectivity index (χ3v) is 3.91. The molecule has 2 aliphatic heterocycles. The molecule has 6 heteroatoms. The van der Waals surface area contributed by atoms with Crippen LogP contribution in [0, 0.1) is 0 Å². The summed E-state index contributed by atoms with van der Waals surface area (Å²) in [4.78, 5) is 24.4. The van der Waals surface area contributed by atoms with Crippen molar-refractivity contribution in [1.82, 2.24) is 5.01 Å². The van der Waals surface area contributed by atoms with Gasteiger partial charge in [0.2, 0.25) is 0 Å². The Kier molecular flexibility index (Phi) is 3.60. The molecule has 2 amide bonds. The Labute approximate surface area is 129 Å². The SMILES string of the molecule is CCC1Oc2ccc(C(=O)N3N=C(C)CC3C)cc2NC1=O. The molecule has 0 saturated heterocycles. The quantitative estimate of drug-likeness (QED) is 0.912. The molecule has 1 aromatic carbocycles. The first-order valence-electron chi connectivity index (χ1n) is 7.48. The average molecular weight is 301 g/mol. The van der Waals surface area contributed by atoms with E-state index in [4.69, 9.17) is 4.74 Å².